The summed E-state index contributed by atoms with van der Waals surface area (Å²) in [4.78, 5) is 0. The van der Waals surface area contributed by atoms with Gasteiger partial charge in [-0.05, 0) is 71.9 Å². The molecule has 0 spiro atoms. The molecule has 0 amide bonds. The van der Waals surface area contributed by atoms with E-state index in [2.05, 4.69) is 98.7 Å². The van der Waals surface area contributed by atoms with Gasteiger partial charge in [0.05, 0.1) is 19.8 Å². The number of aryl methyl sites for hydroxylation is 1. The summed E-state index contributed by atoms with van der Waals surface area (Å²) in [6, 6.07) is 24.4. The molecule has 326 valence electrons. The van der Waals surface area contributed by atoms with Crippen molar-refractivity contribution >= 4 is 0 Å². The molecule has 0 unspecified atom stereocenters. The summed E-state index contributed by atoms with van der Waals surface area (Å²) >= 11 is 0. The smallest absolute Gasteiger partial charge is 0.161 e. The van der Waals surface area contributed by atoms with Crippen LogP contribution >= 0.6 is 0 Å². The van der Waals surface area contributed by atoms with E-state index < -0.39 is 0 Å². The molecule has 0 fully saturated rings. The fourth-order valence-electron chi connectivity index (χ4n) is 3.59. The topological polar surface area (TPSA) is 36.9 Å². The van der Waals surface area contributed by atoms with Crippen molar-refractivity contribution in [2.45, 2.75) is 179 Å². The molecule has 0 aromatic heterocycles. The highest BCUT2D eigenvalue weighted by Gasteiger charge is 2.09. The molecule has 0 N–H and O–H groups in total. The van der Waals surface area contributed by atoms with Gasteiger partial charge in [-0.3, -0.25) is 0 Å². The number of hydrogen-bond donors (Lipinski definition) is 0. The monoisotopic (exact) mass is 775 g/mol. The summed E-state index contributed by atoms with van der Waals surface area (Å²) in [5.41, 5.74) is 4.16. The van der Waals surface area contributed by atoms with Crippen molar-refractivity contribution in [3.63, 3.8) is 0 Å². The third kappa shape index (κ3) is 47.1. The summed E-state index contributed by atoms with van der Waals surface area (Å²) in [6.45, 7) is 47.4. The van der Waals surface area contributed by atoms with E-state index in [9.17, 15) is 0 Å². The van der Waals surface area contributed by atoms with Gasteiger partial charge in [-0.2, -0.15) is 0 Å². The van der Waals surface area contributed by atoms with Crippen molar-refractivity contribution in [3.05, 3.63) is 89.5 Å². The van der Waals surface area contributed by atoms with E-state index in [0.717, 1.165) is 67.7 Å². The van der Waals surface area contributed by atoms with Gasteiger partial charge in [0.2, 0.25) is 0 Å². The van der Waals surface area contributed by atoms with Crippen molar-refractivity contribution < 1.29 is 18.9 Å². The molecule has 0 saturated carbocycles. The van der Waals surface area contributed by atoms with Crippen LogP contribution in [-0.4, -0.2) is 26.4 Å². The maximum absolute atomic E-state index is 5.42. The second-order valence-corrected chi connectivity index (χ2v) is 12.5. The van der Waals surface area contributed by atoms with Crippen molar-refractivity contribution in [2.75, 3.05) is 26.4 Å². The number of ether oxygens (including phenoxy) is 4. The summed E-state index contributed by atoms with van der Waals surface area (Å²) in [5, 5.41) is 0. The Balaban J connectivity index is -0.0000000982. The van der Waals surface area contributed by atoms with Gasteiger partial charge in [-0.15, -0.1) is 0 Å². The Kier molecular flexibility index (Phi) is 67.2. The van der Waals surface area contributed by atoms with Gasteiger partial charge in [-0.1, -0.05) is 207 Å². The second-order valence-electron chi connectivity index (χ2n) is 12.5. The highest BCUT2D eigenvalue weighted by atomic mass is 16.6. The van der Waals surface area contributed by atoms with Crippen LogP contribution in [0, 0.1) is 17.8 Å². The lowest BCUT2D eigenvalue weighted by atomic mass is 10.0. The molecule has 3 aliphatic heterocycles. The normalized spacial score (nSPS) is 11.1. The highest BCUT2D eigenvalue weighted by molar-refractivity contribution is 5.40. The first-order chi connectivity index (χ1) is 26.1. The van der Waals surface area contributed by atoms with Crippen LogP contribution < -0.4 is 14.2 Å². The van der Waals surface area contributed by atoms with E-state index in [-0.39, 0.29) is 7.43 Å². The molecule has 6 rings (SSSR count). The van der Waals surface area contributed by atoms with E-state index >= 15 is 0 Å². The predicted octanol–water partition coefficient (Wildman–Crippen LogP) is 17.0. The molecule has 3 aromatic rings. The molecule has 55 heavy (non-hydrogen) atoms. The van der Waals surface area contributed by atoms with Crippen LogP contribution in [0.1, 0.15) is 176 Å². The molecule has 3 heterocycles. The number of fused-ring (bicyclic) bond motifs is 3. The number of benzene rings is 3. The summed E-state index contributed by atoms with van der Waals surface area (Å²) in [6.07, 6.45) is 3.42. The molecule has 3 aromatic carbocycles. The largest absolute Gasteiger partial charge is 0.493 e. The third-order valence-corrected chi connectivity index (χ3v) is 5.16. The Morgan fingerprint density at radius 3 is 1.04 bits per heavy atom. The van der Waals surface area contributed by atoms with Crippen molar-refractivity contribution in [2.24, 2.45) is 17.8 Å². The minimum atomic E-state index is 0. The van der Waals surface area contributed by atoms with Gasteiger partial charge in [0, 0.05) is 0 Å². The van der Waals surface area contributed by atoms with Crippen molar-refractivity contribution in [1.29, 1.82) is 0 Å². The van der Waals surface area contributed by atoms with Crippen molar-refractivity contribution in [3.8, 4) is 17.2 Å². The Hall–Kier alpha value is -2.98. The Morgan fingerprint density at radius 1 is 0.364 bits per heavy atom. The number of hydrogen-bond acceptors (Lipinski definition) is 4. The summed E-state index contributed by atoms with van der Waals surface area (Å²) in [7, 11) is 0. The molecule has 0 atom stereocenters. The van der Waals surface area contributed by atoms with Gasteiger partial charge in [-0.25, -0.2) is 0 Å². The van der Waals surface area contributed by atoms with E-state index in [1.807, 2.05) is 119 Å². The standard InChI is InChI=1S/2C9H10O.C8H8O2.3C4H10.6C2H6.CH4/c1-2-6-9-8(4-1)5-3-7-10-9;1-2-4-9-7-10-6-5-8(9)3-1;1-2-4-8-7(3-1)9-5-6-10-8;3*1-4(2)3;6*1-2;/h1-2,4,6H,3,5,7H2;1-4H,5-7H2;1-4H,5-6H2;3*4H,1-3H3;6*1-2H3;1H4. The summed E-state index contributed by atoms with van der Waals surface area (Å²) in [5.74, 6) is 5.29. The lowest BCUT2D eigenvalue weighted by molar-refractivity contribution is 0.111. The van der Waals surface area contributed by atoms with Crippen LogP contribution in [-0.2, 0) is 24.2 Å². The predicted molar refractivity (Wildman–Crippen MR) is 254 cm³/mol. The molecule has 4 heteroatoms. The molecule has 3 aliphatic rings. The lowest BCUT2D eigenvalue weighted by Crippen LogP contribution is -2.14. The first-order valence-electron chi connectivity index (χ1n) is 21.8. The quantitative estimate of drug-likeness (QED) is 0.228. The SMILES string of the molecule is C.CC.CC.CC.CC.CC.CC.CC(C)C.CC(C)C.CC(C)C.c1ccc2c(c1)CCCO2.c1ccc2c(c1)CCOC2.c1ccc2c(c1)OCCO2. The zero-order valence-electron chi connectivity index (χ0n) is 40.0. The maximum atomic E-state index is 5.42. The highest BCUT2D eigenvalue weighted by Crippen LogP contribution is 2.28. The third-order valence-electron chi connectivity index (χ3n) is 5.16. The molecule has 0 bridgehead atoms. The molecular weight excluding hydrogens is 677 g/mol. The van der Waals surface area contributed by atoms with Gasteiger partial charge < -0.3 is 18.9 Å². The van der Waals surface area contributed by atoms with Crippen LogP contribution in [0.4, 0.5) is 0 Å². The minimum Gasteiger partial charge on any atom is -0.493 e. The van der Waals surface area contributed by atoms with Gasteiger partial charge >= 0.3 is 0 Å². The van der Waals surface area contributed by atoms with Crippen LogP contribution in [0.5, 0.6) is 17.2 Å². The van der Waals surface area contributed by atoms with Gasteiger partial charge in [0.15, 0.2) is 11.5 Å². The Labute approximate surface area is 347 Å². The molecule has 0 radical (unpaired) electrons. The zero-order valence-corrected chi connectivity index (χ0v) is 40.0. The van der Waals surface area contributed by atoms with Crippen LogP contribution in [0.25, 0.3) is 0 Å². The Bertz CT molecular complexity index is 856. The first kappa shape index (κ1) is 66.8. The van der Waals surface area contributed by atoms with Gasteiger partial charge in [0.1, 0.15) is 19.0 Å². The molecule has 0 saturated heterocycles. The van der Waals surface area contributed by atoms with Crippen LogP contribution in [0.2, 0.25) is 0 Å². The van der Waals surface area contributed by atoms with E-state index in [1.165, 1.54) is 23.1 Å². The maximum Gasteiger partial charge on any atom is 0.161 e. The average molecular weight is 775 g/mol. The van der Waals surface area contributed by atoms with E-state index in [1.54, 1.807) is 0 Å². The van der Waals surface area contributed by atoms with Crippen molar-refractivity contribution in [1.82, 2.24) is 0 Å². The molecular formula is C51H98O4. The van der Waals surface area contributed by atoms with Gasteiger partial charge in [0.25, 0.3) is 0 Å². The van der Waals surface area contributed by atoms with E-state index in [0.29, 0.717) is 13.2 Å². The van der Waals surface area contributed by atoms with Crippen LogP contribution in [0.3, 0.4) is 0 Å². The number of rotatable bonds is 0. The molecule has 4 nitrogen and oxygen atoms in total. The minimum absolute atomic E-state index is 0. The van der Waals surface area contributed by atoms with Crippen LogP contribution in [0.15, 0.2) is 72.8 Å². The Morgan fingerprint density at radius 2 is 0.673 bits per heavy atom. The fraction of sp³-hybridized carbons (Fsp3) is 0.647. The number of para-hydroxylation sites is 3. The summed E-state index contributed by atoms with van der Waals surface area (Å²) < 4.78 is 21.3. The van der Waals surface area contributed by atoms with E-state index in [4.69, 9.17) is 18.9 Å². The fourth-order valence-corrected chi connectivity index (χ4v) is 3.59. The first-order valence-corrected chi connectivity index (χ1v) is 21.8. The molecule has 0 aliphatic carbocycles. The average Bonchev–Trinajstić information content (AvgIpc) is 3.22. The second kappa shape index (κ2) is 55.4. The zero-order chi connectivity index (χ0) is 43.2. The lowest BCUT2D eigenvalue weighted by Gasteiger charge is -2.17.